The fraction of sp³-hybridized carbons (Fsp3) is 0.250. The molecule has 0 bridgehead atoms. The van der Waals surface area contributed by atoms with Crippen molar-refractivity contribution in [1.82, 2.24) is 14.5 Å². The molecule has 0 unspecified atom stereocenters. The van der Waals surface area contributed by atoms with Gasteiger partial charge in [-0.3, -0.25) is 4.98 Å². The zero-order valence-electron chi connectivity index (χ0n) is 9.70. The molecule has 0 spiro atoms. The Bertz CT molecular complexity index is 507. The first-order valence-corrected chi connectivity index (χ1v) is 5.24. The number of pyridine rings is 1. The molecule has 5 nitrogen and oxygen atoms in total. The van der Waals surface area contributed by atoms with Crippen LogP contribution in [0.2, 0.25) is 0 Å². The van der Waals surface area contributed by atoms with Crippen LogP contribution in [0.15, 0.2) is 37.1 Å². The summed E-state index contributed by atoms with van der Waals surface area (Å²) >= 11 is 0. The van der Waals surface area contributed by atoms with Gasteiger partial charge in [-0.05, 0) is 18.6 Å². The minimum atomic E-state index is -0.391. The number of ether oxygens (including phenoxy) is 1. The molecule has 2 rings (SSSR count). The molecule has 0 fully saturated rings. The number of carbonyl (C=O) groups excluding carboxylic acids is 1. The summed E-state index contributed by atoms with van der Waals surface area (Å²) in [6, 6.07) is 3.81. The van der Waals surface area contributed by atoms with E-state index in [-0.39, 0.29) is 6.04 Å². The third-order valence-corrected chi connectivity index (χ3v) is 2.64. The van der Waals surface area contributed by atoms with Crippen LogP contribution in [0.25, 0.3) is 0 Å². The summed E-state index contributed by atoms with van der Waals surface area (Å²) in [6.07, 6.45) is 6.60. The molecule has 1 atom stereocenters. The number of esters is 1. The van der Waals surface area contributed by atoms with Crippen LogP contribution in [0.5, 0.6) is 0 Å². The summed E-state index contributed by atoms with van der Waals surface area (Å²) in [5, 5.41) is 0. The van der Waals surface area contributed by atoms with E-state index in [1.54, 1.807) is 23.3 Å². The van der Waals surface area contributed by atoms with Gasteiger partial charge in [0.1, 0.15) is 5.69 Å². The molecule has 0 saturated heterocycles. The number of hydrogen-bond donors (Lipinski definition) is 0. The van der Waals surface area contributed by atoms with E-state index in [9.17, 15) is 4.79 Å². The molecule has 0 saturated carbocycles. The largest absolute Gasteiger partial charge is 0.464 e. The SMILES string of the molecule is COC(=O)c1cncn1[C@H](C)c1cccnc1. The number of imidazole rings is 1. The van der Waals surface area contributed by atoms with E-state index < -0.39 is 5.97 Å². The molecule has 2 aromatic heterocycles. The van der Waals surface area contributed by atoms with Crippen LogP contribution in [0.4, 0.5) is 0 Å². The lowest BCUT2D eigenvalue weighted by atomic mass is 10.1. The Balaban J connectivity index is 2.35. The topological polar surface area (TPSA) is 57.0 Å². The first kappa shape index (κ1) is 11.3. The Morgan fingerprint density at radius 3 is 2.88 bits per heavy atom. The van der Waals surface area contributed by atoms with Crippen molar-refractivity contribution in [3.8, 4) is 0 Å². The van der Waals surface area contributed by atoms with Crippen molar-refractivity contribution in [2.75, 3.05) is 7.11 Å². The second-order valence-electron chi connectivity index (χ2n) is 3.64. The molecule has 0 N–H and O–H groups in total. The van der Waals surface area contributed by atoms with E-state index in [2.05, 4.69) is 9.97 Å². The number of carbonyl (C=O) groups is 1. The van der Waals surface area contributed by atoms with Crippen molar-refractivity contribution in [2.24, 2.45) is 0 Å². The molecule has 2 heterocycles. The van der Waals surface area contributed by atoms with Gasteiger partial charge in [0.05, 0.1) is 25.7 Å². The molecule has 0 aromatic carbocycles. The van der Waals surface area contributed by atoms with Crippen LogP contribution in [-0.4, -0.2) is 27.6 Å². The van der Waals surface area contributed by atoms with Crippen molar-refractivity contribution < 1.29 is 9.53 Å². The first-order valence-electron chi connectivity index (χ1n) is 5.24. The monoisotopic (exact) mass is 231 g/mol. The number of aromatic nitrogens is 3. The van der Waals surface area contributed by atoms with Gasteiger partial charge in [-0.15, -0.1) is 0 Å². The van der Waals surface area contributed by atoms with Gasteiger partial charge in [-0.2, -0.15) is 0 Å². The van der Waals surface area contributed by atoms with E-state index in [1.165, 1.54) is 13.3 Å². The molecule has 5 heteroatoms. The van der Waals surface area contributed by atoms with Gasteiger partial charge >= 0.3 is 5.97 Å². The Kier molecular flexibility index (Phi) is 3.18. The third-order valence-electron chi connectivity index (χ3n) is 2.64. The number of nitrogens with zero attached hydrogens (tertiary/aromatic N) is 3. The molecule has 0 aliphatic heterocycles. The van der Waals surface area contributed by atoms with Crippen molar-refractivity contribution in [1.29, 1.82) is 0 Å². The molecule has 0 radical (unpaired) electrons. The summed E-state index contributed by atoms with van der Waals surface area (Å²) in [5.74, 6) is -0.391. The quantitative estimate of drug-likeness (QED) is 0.754. The van der Waals surface area contributed by atoms with E-state index >= 15 is 0 Å². The van der Waals surface area contributed by atoms with Gasteiger partial charge in [0.15, 0.2) is 0 Å². The summed E-state index contributed by atoms with van der Waals surface area (Å²) in [7, 11) is 1.36. The van der Waals surface area contributed by atoms with Crippen LogP contribution in [-0.2, 0) is 4.74 Å². The second-order valence-corrected chi connectivity index (χ2v) is 3.64. The average Bonchev–Trinajstić information content (AvgIpc) is 2.87. The number of hydrogen-bond acceptors (Lipinski definition) is 4. The van der Waals surface area contributed by atoms with Gasteiger partial charge in [0.25, 0.3) is 0 Å². The standard InChI is InChI=1S/C12H13N3O2/c1-9(10-4-3-5-13-6-10)15-8-14-7-11(15)12(16)17-2/h3-9H,1-2H3/t9-/m1/s1. The Labute approximate surface area is 99.1 Å². The summed E-state index contributed by atoms with van der Waals surface area (Å²) in [4.78, 5) is 19.6. The molecular weight excluding hydrogens is 218 g/mol. The summed E-state index contributed by atoms with van der Waals surface area (Å²) in [6.45, 7) is 1.98. The summed E-state index contributed by atoms with van der Waals surface area (Å²) < 4.78 is 6.47. The maximum atomic E-state index is 11.5. The lowest BCUT2D eigenvalue weighted by Crippen LogP contribution is -2.14. The second kappa shape index (κ2) is 4.78. The van der Waals surface area contributed by atoms with Gasteiger partial charge in [-0.1, -0.05) is 6.07 Å². The van der Waals surface area contributed by atoms with Crippen molar-refractivity contribution in [3.05, 3.63) is 48.3 Å². The van der Waals surface area contributed by atoms with E-state index in [0.717, 1.165) is 5.56 Å². The van der Waals surface area contributed by atoms with E-state index in [0.29, 0.717) is 5.69 Å². The van der Waals surface area contributed by atoms with Crippen LogP contribution in [0.3, 0.4) is 0 Å². The van der Waals surface area contributed by atoms with E-state index in [1.807, 2.05) is 19.1 Å². The van der Waals surface area contributed by atoms with Gasteiger partial charge in [0, 0.05) is 12.4 Å². The number of rotatable bonds is 3. The average molecular weight is 231 g/mol. The third kappa shape index (κ3) is 2.18. The first-order chi connectivity index (χ1) is 8.24. The van der Waals surface area contributed by atoms with Gasteiger partial charge in [-0.25, -0.2) is 9.78 Å². The lowest BCUT2D eigenvalue weighted by Gasteiger charge is -2.15. The van der Waals surface area contributed by atoms with E-state index in [4.69, 9.17) is 4.74 Å². The van der Waals surface area contributed by atoms with Crippen molar-refractivity contribution >= 4 is 5.97 Å². The highest BCUT2D eigenvalue weighted by Gasteiger charge is 2.17. The predicted octanol–water partition coefficient (Wildman–Crippen LogP) is 1.67. The smallest absolute Gasteiger partial charge is 0.356 e. The maximum absolute atomic E-state index is 11.5. The number of methoxy groups -OCH3 is 1. The van der Waals surface area contributed by atoms with Crippen LogP contribution in [0.1, 0.15) is 29.0 Å². The molecule has 88 valence electrons. The van der Waals surface area contributed by atoms with Crippen LogP contribution >= 0.6 is 0 Å². The molecule has 0 amide bonds. The van der Waals surface area contributed by atoms with Crippen molar-refractivity contribution in [3.63, 3.8) is 0 Å². The molecule has 0 aliphatic rings. The van der Waals surface area contributed by atoms with Gasteiger partial charge in [0.2, 0.25) is 0 Å². The highest BCUT2D eigenvalue weighted by atomic mass is 16.5. The Morgan fingerprint density at radius 2 is 2.24 bits per heavy atom. The molecular formula is C12H13N3O2. The molecule has 2 aromatic rings. The zero-order chi connectivity index (χ0) is 12.3. The molecule has 17 heavy (non-hydrogen) atoms. The minimum absolute atomic E-state index is 0.0136. The minimum Gasteiger partial charge on any atom is -0.464 e. The van der Waals surface area contributed by atoms with Crippen molar-refractivity contribution in [2.45, 2.75) is 13.0 Å². The van der Waals surface area contributed by atoms with Crippen LogP contribution in [0, 0.1) is 0 Å². The Hall–Kier alpha value is -2.17. The highest BCUT2D eigenvalue weighted by molar-refractivity contribution is 5.87. The zero-order valence-corrected chi connectivity index (χ0v) is 9.70. The highest BCUT2D eigenvalue weighted by Crippen LogP contribution is 2.18. The van der Waals surface area contributed by atoms with Crippen LogP contribution < -0.4 is 0 Å². The predicted molar refractivity (Wildman–Crippen MR) is 61.6 cm³/mol. The lowest BCUT2D eigenvalue weighted by molar-refractivity contribution is 0.0587. The van der Waals surface area contributed by atoms with Gasteiger partial charge < -0.3 is 9.30 Å². The fourth-order valence-corrected chi connectivity index (χ4v) is 1.66. The Morgan fingerprint density at radius 1 is 1.41 bits per heavy atom. The molecule has 0 aliphatic carbocycles. The normalized spacial score (nSPS) is 12.1. The maximum Gasteiger partial charge on any atom is 0.356 e. The fourth-order valence-electron chi connectivity index (χ4n) is 1.66. The summed E-state index contributed by atoms with van der Waals surface area (Å²) in [5.41, 5.74) is 1.44.